The quantitative estimate of drug-likeness (QED) is 0.371. The van der Waals surface area contributed by atoms with Crippen LogP contribution in [-0.2, 0) is 14.8 Å². The van der Waals surface area contributed by atoms with Gasteiger partial charge in [0.15, 0.2) is 11.5 Å². The highest BCUT2D eigenvalue weighted by molar-refractivity contribution is 7.89. The van der Waals surface area contributed by atoms with Gasteiger partial charge in [-0.05, 0) is 62.6 Å². The van der Waals surface area contributed by atoms with Crippen molar-refractivity contribution in [2.45, 2.75) is 68.6 Å². The van der Waals surface area contributed by atoms with E-state index in [4.69, 9.17) is 20.9 Å². The molecule has 1 atom stereocenters. The number of anilines is 1. The number of hydrogen-bond donors (Lipinski definition) is 3. The Kier molecular flexibility index (Phi) is 7.64. The van der Waals surface area contributed by atoms with E-state index in [1.54, 1.807) is 22.8 Å². The van der Waals surface area contributed by atoms with Crippen LogP contribution < -0.4 is 10.5 Å². The van der Waals surface area contributed by atoms with Crippen LogP contribution in [0.2, 0.25) is 0 Å². The van der Waals surface area contributed by atoms with Crippen molar-refractivity contribution in [3.8, 4) is 17.3 Å². The normalized spacial score (nSPS) is 24.7. The van der Waals surface area contributed by atoms with Crippen molar-refractivity contribution >= 4 is 27.5 Å². The highest BCUT2D eigenvalue weighted by Gasteiger charge is 2.62. The van der Waals surface area contributed by atoms with Gasteiger partial charge < -0.3 is 10.8 Å². The fourth-order valence-corrected chi connectivity index (χ4v) is 8.21. The number of rotatable bonds is 6. The lowest BCUT2D eigenvalue weighted by atomic mass is 9.47. The number of aryl methyl sites for hydroxylation is 1. The Labute approximate surface area is 245 Å². The lowest BCUT2D eigenvalue weighted by Gasteiger charge is -2.65. The number of sulfonamides is 1. The molecule has 3 aromatic rings. The van der Waals surface area contributed by atoms with Gasteiger partial charge in [0, 0.05) is 30.2 Å². The zero-order valence-corrected chi connectivity index (χ0v) is 24.3. The summed E-state index contributed by atoms with van der Waals surface area (Å²) in [6.07, 6.45) is 2.57. The third kappa shape index (κ3) is 5.64. The molecular weight excluding hydrogens is 589 g/mol. The van der Waals surface area contributed by atoms with Crippen LogP contribution in [0.15, 0.2) is 35.6 Å². The van der Waals surface area contributed by atoms with Gasteiger partial charge in [-0.15, -0.1) is 0 Å². The second-order valence-electron chi connectivity index (χ2n) is 11.7. The summed E-state index contributed by atoms with van der Waals surface area (Å²) >= 11 is 0. The zero-order valence-electron chi connectivity index (χ0n) is 23.5. The lowest BCUT2D eigenvalue weighted by Crippen LogP contribution is -2.70. The molecule has 3 saturated carbocycles. The van der Waals surface area contributed by atoms with Gasteiger partial charge in [-0.3, -0.25) is 4.90 Å². The fraction of sp³-hybridized carbons (Fsp3) is 0.519. The molecule has 1 saturated heterocycles. The van der Waals surface area contributed by atoms with Crippen LogP contribution in [-0.4, -0.2) is 74.8 Å². The molecule has 7 rings (SSSR count). The predicted molar refractivity (Wildman–Crippen MR) is 148 cm³/mol. The van der Waals surface area contributed by atoms with Gasteiger partial charge in [0.05, 0.1) is 28.8 Å². The summed E-state index contributed by atoms with van der Waals surface area (Å²) < 4.78 is 63.6. The molecule has 3 heterocycles. The number of likely N-dealkylation sites (tertiary alicyclic amines) is 1. The summed E-state index contributed by atoms with van der Waals surface area (Å²) in [6.45, 7) is 5.82. The SMILES string of the molecule is Cc1ccc(S(=O)(=O)NC23CCCC(C(C)N4CC(C#N)C4)(C2)C3)cc1-c1cnc2c(N)ncnn12.O=C(O)C(F)(F)F. The molecule has 0 spiro atoms. The number of carboxylic acids is 1. The average molecular weight is 621 g/mol. The lowest BCUT2D eigenvalue weighted by molar-refractivity contribution is -0.192. The van der Waals surface area contributed by atoms with Crippen LogP contribution in [0.25, 0.3) is 16.9 Å². The number of carbonyl (C=O) groups is 1. The maximum absolute atomic E-state index is 13.6. The first-order valence-electron chi connectivity index (χ1n) is 13.6. The van der Waals surface area contributed by atoms with E-state index in [0.29, 0.717) is 17.4 Å². The van der Waals surface area contributed by atoms with Gasteiger partial charge >= 0.3 is 12.1 Å². The first kappa shape index (κ1) is 30.6. The van der Waals surface area contributed by atoms with Crippen molar-refractivity contribution in [1.82, 2.24) is 29.2 Å². The summed E-state index contributed by atoms with van der Waals surface area (Å²) in [6, 6.07) is 7.87. The van der Waals surface area contributed by atoms with Crippen LogP contribution in [0, 0.1) is 29.6 Å². The second kappa shape index (κ2) is 10.7. The largest absolute Gasteiger partial charge is 0.490 e. The Morgan fingerprint density at radius 1 is 1.26 bits per heavy atom. The van der Waals surface area contributed by atoms with E-state index in [-0.39, 0.29) is 22.0 Å². The smallest absolute Gasteiger partial charge is 0.475 e. The Bertz CT molecular complexity index is 1710. The summed E-state index contributed by atoms with van der Waals surface area (Å²) in [5, 5.41) is 20.5. The molecule has 1 unspecified atom stereocenters. The van der Waals surface area contributed by atoms with E-state index in [2.05, 4.69) is 37.7 Å². The molecule has 16 heteroatoms. The maximum atomic E-state index is 13.6. The number of nitriles is 1. The monoisotopic (exact) mass is 620 g/mol. The Hall–Kier alpha value is -3.81. The molecule has 4 N–H and O–H groups in total. The molecule has 230 valence electrons. The topological polar surface area (TPSA) is 180 Å². The molecule has 1 aliphatic heterocycles. The second-order valence-corrected chi connectivity index (χ2v) is 13.4. The molecule has 3 aliphatic carbocycles. The van der Waals surface area contributed by atoms with Gasteiger partial charge in [-0.25, -0.2) is 32.4 Å². The van der Waals surface area contributed by atoms with Crippen LogP contribution in [0.5, 0.6) is 0 Å². The van der Waals surface area contributed by atoms with Crippen molar-refractivity contribution in [3.05, 3.63) is 36.3 Å². The van der Waals surface area contributed by atoms with E-state index in [1.165, 1.54) is 6.33 Å². The Morgan fingerprint density at radius 3 is 2.56 bits per heavy atom. The number of fused-ring (bicyclic) bond motifs is 3. The van der Waals surface area contributed by atoms with Crippen molar-refractivity contribution < 1.29 is 31.5 Å². The number of nitrogens with two attached hydrogens (primary N) is 1. The summed E-state index contributed by atoms with van der Waals surface area (Å²) in [5.74, 6) is -2.37. The van der Waals surface area contributed by atoms with Crippen LogP contribution in [0.1, 0.15) is 44.6 Å². The van der Waals surface area contributed by atoms with Gasteiger partial charge in [-0.1, -0.05) is 12.5 Å². The van der Waals surface area contributed by atoms with E-state index in [9.17, 15) is 21.6 Å². The number of carboxylic acid groups (broad SMARTS) is 1. The summed E-state index contributed by atoms with van der Waals surface area (Å²) in [4.78, 5) is 19.8. The van der Waals surface area contributed by atoms with Crippen LogP contribution >= 0.6 is 0 Å². The fourth-order valence-electron chi connectivity index (χ4n) is 6.76. The third-order valence-electron chi connectivity index (χ3n) is 8.96. The molecule has 4 aliphatic rings. The van der Waals surface area contributed by atoms with Gasteiger partial charge in [0.1, 0.15) is 6.33 Å². The highest BCUT2D eigenvalue weighted by Crippen LogP contribution is 2.61. The average Bonchev–Trinajstić information content (AvgIpc) is 3.32. The van der Waals surface area contributed by atoms with Gasteiger partial charge in [0.25, 0.3) is 0 Å². The molecule has 0 amide bonds. The number of benzene rings is 1. The van der Waals surface area contributed by atoms with Crippen molar-refractivity contribution in [2.24, 2.45) is 11.3 Å². The molecule has 43 heavy (non-hydrogen) atoms. The number of imidazole rings is 1. The molecule has 0 radical (unpaired) electrons. The summed E-state index contributed by atoms with van der Waals surface area (Å²) in [5.41, 5.74) is 8.37. The van der Waals surface area contributed by atoms with Crippen molar-refractivity contribution in [2.75, 3.05) is 18.8 Å². The first-order chi connectivity index (χ1) is 20.1. The highest BCUT2D eigenvalue weighted by atomic mass is 32.2. The molecule has 12 nitrogen and oxygen atoms in total. The molecule has 2 aromatic heterocycles. The number of hydrogen-bond acceptors (Lipinski definition) is 9. The molecule has 4 fully saturated rings. The number of aromatic nitrogens is 4. The number of nitrogens with one attached hydrogen (secondary N) is 1. The number of nitrogen functional groups attached to an aromatic ring is 1. The minimum absolute atomic E-state index is 0.121. The predicted octanol–water partition coefficient (Wildman–Crippen LogP) is 3.14. The number of nitrogens with zero attached hydrogens (tertiary/aromatic N) is 6. The van der Waals surface area contributed by atoms with E-state index < -0.39 is 27.7 Å². The van der Waals surface area contributed by atoms with Crippen molar-refractivity contribution in [3.63, 3.8) is 0 Å². The van der Waals surface area contributed by atoms with Crippen LogP contribution in [0.4, 0.5) is 19.0 Å². The van der Waals surface area contributed by atoms with E-state index >= 15 is 0 Å². The maximum Gasteiger partial charge on any atom is 0.490 e. The first-order valence-corrected chi connectivity index (χ1v) is 15.1. The van der Waals surface area contributed by atoms with E-state index in [0.717, 1.165) is 56.3 Å². The minimum atomic E-state index is -5.08. The standard InChI is InChI=1S/C25H30N8O2S.C2HF3O2/c1-16-4-5-19(8-20(16)21-10-28-23-22(27)29-15-30-33(21)23)36(34,35)31-25-7-3-6-24(13-25,14-25)17(2)32-11-18(9-26)12-32;3-2(4,5)1(6)7/h4-5,8,10,15,17-18,31H,3,6-7,11-14H2,1-2H3,(H2,27,29,30);(H,6,7). The minimum Gasteiger partial charge on any atom is -0.475 e. The van der Waals surface area contributed by atoms with Gasteiger partial charge in [0.2, 0.25) is 10.0 Å². The molecule has 2 bridgehead atoms. The Balaban J connectivity index is 0.000000472. The molecule has 1 aromatic carbocycles. The van der Waals surface area contributed by atoms with Gasteiger partial charge in [-0.2, -0.15) is 23.5 Å². The molecular formula is C27H31F3N8O4S. The number of halogens is 3. The third-order valence-corrected chi connectivity index (χ3v) is 10.5. The number of aliphatic carboxylic acids is 1. The van der Waals surface area contributed by atoms with Crippen molar-refractivity contribution in [1.29, 1.82) is 5.26 Å². The zero-order chi connectivity index (χ0) is 31.4. The summed E-state index contributed by atoms with van der Waals surface area (Å²) in [7, 11) is -3.74. The van der Waals surface area contributed by atoms with Crippen LogP contribution in [0.3, 0.4) is 0 Å². The van der Waals surface area contributed by atoms with E-state index in [1.807, 2.05) is 13.0 Å². The Morgan fingerprint density at radius 2 is 1.93 bits per heavy atom. The number of alkyl halides is 3.